The van der Waals surface area contributed by atoms with Gasteiger partial charge in [0.15, 0.2) is 11.5 Å². The minimum absolute atomic E-state index is 0.110. The highest BCUT2D eigenvalue weighted by molar-refractivity contribution is 5.44. The molecule has 0 bridgehead atoms. The lowest BCUT2D eigenvalue weighted by atomic mass is 10.0. The number of rotatable bonds is 5. The van der Waals surface area contributed by atoms with Crippen molar-refractivity contribution < 1.29 is 18.6 Å². The van der Waals surface area contributed by atoms with Gasteiger partial charge in [-0.25, -0.2) is 4.39 Å². The van der Waals surface area contributed by atoms with Gasteiger partial charge in [0.25, 0.3) is 0 Å². The first-order valence-corrected chi connectivity index (χ1v) is 6.91. The minimum Gasteiger partial charge on any atom is -0.493 e. The predicted molar refractivity (Wildman–Crippen MR) is 74.9 cm³/mol. The molecule has 2 atom stereocenters. The van der Waals surface area contributed by atoms with Crippen molar-refractivity contribution in [2.24, 2.45) is 0 Å². The summed E-state index contributed by atoms with van der Waals surface area (Å²) in [6.45, 7) is 3.44. The zero-order chi connectivity index (χ0) is 14.5. The van der Waals surface area contributed by atoms with E-state index in [1.54, 1.807) is 13.2 Å². The second kappa shape index (κ2) is 6.90. The molecule has 4 nitrogen and oxygen atoms in total. The maximum absolute atomic E-state index is 14.2. The van der Waals surface area contributed by atoms with Gasteiger partial charge < -0.3 is 19.5 Å². The fourth-order valence-electron chi connectivity index (χ4n) is 2.52. The molecule has 0 saturated carbocycles. The van der Waals surface area contributed by atoms with Crippen LogP contribution < -0.4 is 14.8 Å². The van der Waals surface area contributed by atoms with E-state index in [0.717, 1.165) is 19.4 Å². The maximum Gasteiger partial charge on any atom is 0.163 e. The Balaban J connectivity index is 2.13. The monoisotopic (exact) mass is 283 g/mol. The van der Waals surface area contributed by atoms with Crippen LogP contribution >= 0.6 is 0 Å². The molecule has 1 saturated heterocycles. The SMILES string of the molecule is COc1cc(F)c([C@H](C)N[C@H]2CCCOC2)cc1OC. The summed E-state index contributed by atoms with van der Waals surface area (Å²) in [6.07, 6.45) is 2.10. The van der Waals surface area contributed by atoms with E-state index in [9.17, 15) is 4.39 Å². The van der Waals surface area contributed by atoms with Crippen LogP contribution in [0.2, 0.25) is 0 Å². The highest BCUT2D eigenvalue weighted by Gasteiger charge is 2.20. The van der Waals surface area contributed by atoms with E-state index in [2.05, 4.69) is 5.32 Å². The second-order valence-electron chi connectivity index (χ2n) is 5.03. The van der Waals surface area contributed by atoms with E-state index >= 15 is 0 Å². The normalized spacial score (nSPS) is 20.5. The quantitative estimate of drug-likeness (QED) is 0.902. The fourth-order valence-corrected chi connectivity index (χ4v) is 2.52. The molecule has 0 aromatic heterocycles. The standard InChI is InChI=1S/C15H22FNO3/c1-10(17-11-5-4-6-20-9-11)12-7-14(18-2)15(19-3)8-13(12)16/h7-8,10-11,17H,4-6,9H2,1-3H3/t10-,11-/m0/s1. The highest BCUT2D eigenvalue weighted by Crippen LogP contribution is 2.32. The number of hydrogen-bond acceptors (Lipinski definition) is 4. The summed E-state index contributed by atoms with van der Waals surface area (Å²) in [4.78, 5) is 0. The molecule has 112 valence electrons. The molecule has 20 heavy (non-hydrogen) atoms. The molecule has 1 aliphatic heterocycles. The third kappa shape index (κ3) is 3.41. The molecular formula is C15H22FNO3. The van der Waals surface area contributed by atoms with Crippen LogP contribution in [-0.2, 0) is 4.74 Å². The van der Waals surface area contributed by atoms with Crippen molar-refractivity contribution >= 4 is 0 Å². The number of hydrogen-bond donors (Lipinski definition) is 1. The van der Waals surface area contributed by atoms with Crippen molar-refractivity contribution in [2.45, 2.75) is 31.8 Å². The molecule has 0 spiro atoms. The van der Waals surface area contributed by atoms with Crippen LogP contribution in [0, 0.1) is 5.82 Å². The molecule has 2 rings (SSSR count). The van der Waals surface area contributed by atoms with Crippen LogP contribution in [0.25, 0.3) is 0 Å². The van der Waals surface area contributed by atoms with E-state index in [4.69, 9.17) is 14.2 Å². The summed E-state index contributed by atoms with van der Waals surface area (Å²) in [5, 5.41) is 3.40. The summed E-state index contributed by atoms with van der Waals surface area (Å²) in [7, 11) is 3.05. The molecule has 1 heterocycles. The lowest BCUT2D eigenvalue weighted by molar-refractivity contribution is 0.0669. The molecule has 1 N–H and O–H groups in total. The summed E-state index contributed by atoms with van der Waals surface area (Å²) < 4.78 is 29.9. The predicted octanol–water partition coefficient (Wildman–Crippen LogP) is 2.67. The van der Waals surface area contributed by atoms with Gasteiger partial charge in [0.2, 0.25) is 0 Å². The largest absolute Gasteiger partial charge is 0.493 e. The Labute approximate surface area is 119 Å². The Morgan fingerprint density at radius 2 is 2.00 bits per heavy atom. The number of ether oxygens (including phenoxy) is 3. The highest BCUT2D eigenvalue weighted by atomic mass is 19.1. The first-order chi connectivity index (χ1) is 9.65. The first-order valence-electron chi connectivity index (χ1n) is 6.91. The van der Waals surface area contributed by atoms with Gasteiger partial charge >= 0.3 is 0 Å². The lowest BCUT2D eigenvalue weighted by Crippen LogP contribution is -2.38. The van der Waals surface area contributed by atoms with Gasteiger partial charge in [-0.1, -0.05) is 0 Å². The van der Waals surface area contributed by atoms with E-state index in [0.29, 0.717) is 23.7 Å². The van der Waals surface area contributed by atoms with E-state index in [1.165, 1.54) is 13.2 Å². The summed E-state index contributed by atoms with van der Waals surface area (Å²) >= 11 is 0. The van der Waals surface area contributed by atoms with Crippen molar-refractivity contribution in [3.8, 4) is 11.5 Å². The van der Waals surface area contributed by atoms with Crippen molar-refractivity contribution in [1.29, 1.82) is 0 Å². The van der Waals surface area contributed by atoms with Gasteiger partial charge in [-0.15, -0.1) is 0 Å². The summed E-state index contributed by atoms with van der Waals surface area (Å²) in [6, 6.07) is 3.21. The molecule has 1 fully saturated rings. The van der Waals surface area contributed by atoms with Crippen molar-refractivity contribution in [3.63, 3.8) is 0 Å². The Morgan fingerprint density at radius 3 is 2.60 bits per heavy atom. The smallest absolute Gasteiger partial charge is 0.163 e. The molecule has 0 unspecified atom stereocenters. The van der Waals surface area contributed by atoms with Gasteiger partial charge in [0.1, 0.15) is 5.82 Å². The van der Waals surface area contributed by atoms with Crippen LogP contribution in [0.3, 0.4) is 0 Å². The van der Waals surface area contributed by atoms with Crippen LogP contribution in [0.4, 0.5) is 4.39 Å². The molecule has 0 aliphatic carbocycles. The van der Waals surface area contributed by atoms with Crippen molar-refractivity contribution in [2.75, 3.05) is 27.4 Å². The maximum atomic E-state index is 14.2. The molecule has 1 aliphatic rings. The minimum atomic E-state index is -0.292. The van der Waals surface area contributed by atoms with Gasteiger partial charge in [0.05, 0.1) is 20.8 Å². The van der Waals surface area contributed by atoms with Gasteiger partial charge in [-0.2, -0.15) is 0 Å². The van der Waals surface area contributed by atoms with Gasteiger partial charge in [0, 0.05) is 30.3 Å². The zero-order valence-corrected chi connectivity index (χ0v) is 12.2. The third-order valence-corrected chi connectivity index (χ3v) is 3.62. The number of methoxy groups -OCH3 is 2. The molecular weight excluding hydrogens is 261 g/mol. The number of benzene rings is 1. The first kappa shape index (κ1) is 15.1. The Bertz CT molecular complexity index is 447. The zero-order valence-electron chi connectivity index (χ0n) is 12.2. The molecule has 1 aromatic rings. The molecule has 1 aromatic carbocycles. The van der Waals surface area contributed by atoms with Crippen molar-refractivity contribution in [1.82, 2.24) is 5.32 Å². The second-order valence-corrected chi connectivity index (χ2v) is 5.03. The molecule has 5 heteroatoms. The Morgan fingerprint density at radius 1 is 1.30 bits per heavy atom. The molecule has 0 amide bonds. The van der Waals surface area contributed by atoms with Gasteiger partial charge in [-0.05, 0) is 25.8 Å². The third-order valence-electron chi connectivity index (χ3n) is 3.62. The van der Waals surface area contributed by atoms with E-state index < -0.39 is 0 Å². The van der Waals surface area contributed by atoms with Crippen molar-refractivity contribution in [3.05, 3.63) is 23.5 Å². The summed E-state index contributed by atoms with van der Waals surface area (Å²) in [5.74, 6) is 0.652. The summed E-state index contributed by atoms with van der Waals surface area (Å²) in [5.41, 5.74) is 0.577. The van der Waals surface area contributed by atoms with E-state index in [-0.39, 0.29) is 17.9 Å². The van der Waals surface area contributed by atoms with Crippen LogP contribution in [0.5, 0.6) is 11.5 Å². The lowest BCUT2D eigenvalue weighted by Gasteiger charge is -2.27. The number of halogens is 1. The van der Waals surface area contributed by atoms with Gasteiger partial charge in [-0.3, -0.25) is 0 Å². The fraction of sp³-hybridized carbons (Fsp3) is 0.600. The van der Waals surface area contributed by atoms with Crippen LogP contribution in [0.15, 0.2) is 12.1 Å². The Kier molecular flexibility index (Phi) is 5.20. The Hall–Kier alpha value is -1.33. The topological polar surface area (TPSA) is 39.7 Å². The number of nitrogens with one attached hydrogen (secondary N) is 1. The van der Waals surface area contributed by atoms with Crippen LogP contribution in [0.1, 0.15) is 31.4 Å². The average Bonchev–Trinajstić information content (AvgIpc) is 2.47. The van der Waals surface area contributed by atoms with Crippen LogP contribution in [-0.4, -0.2) is 33.5 Å². The van der Waals surface area contributed by atoms with E-state index in [1.807, 2.05) is 6.92 Å². The average molecular weight is 283 g/mol. The molecule has 0 radical (unpaired) electrons.